The minimum absolute atomic E-state index is 0.00816. The van der Waals surface area contributed by atoms with Gasteiger partial charge in [-0.3, -0.25) is 4.79 Å². The summed E-state index contributed by atoms with van der Waals surface area (Å²) < 4.78 is 4.47. The smallest absolute Gasteiger partial charge is 0.344 e. The molecule has 0 aliphatic heterocycles. The molecule has 0 aliphatic carbocycles. The highest BCUT2D eigenvalue weighted by Gasteiger charge is 2.10. The van der Waals surface area contributed by atoms with Gasteiger partial charge in [-0.15, -0.1) is 0 Å². The Hall–Kier alpha value is -2.38. The summed E-state index contributed by atoms with van der Waals surface area (Å²) in [6.07, 6.45) is 1.41. The number of anilines is 1. The molecule has 0 bridgehead atoms. The van der Waals surface area contributed by atoms with Crippen molar-refractivity contribution in [3.05, 3.63) is 11.8 Å². The molecule has 0 fully saturated rings. The fourth-order valence-electron chi connectivity index (χ4n) is 0.671. The van der Waals surface area contributed by atoms with Crippen LogP contribution in [0, 0.1) is 0 Å². The van der Waals surface area contributed by atoms with Gasteiger partial charge >= 0.3 is 5.97 Å². The van der Waals surface area contributed by atoms with Crippen molar-refractivity contribution >= 4 is 23.9 Å². The van der Waals surface area contributed by atoms with Crippen LogP contribution in [0.1, 0.15) is 5.69 Å². The molecule has 0 aliphatic rings. The first kappa shape index (κ1) is 10.7. The highest BCUT2D eigenvalue weighted by Crippen LogP contribution is 2.05. The van der Waals surface area contributed by atoms with Crippen LogP contribution in [0.15, 0.2) is 15.7 Å². The quantitative estimate of drug-likeness (QED) is 0.481. The second-order valence-electron chi connectivity index (χ2n) is 2.32. The van der Waals surface area contributed by atoms with Gasteiger partial charge in [-0.25, -0.2) is 4.79 Å². The number of carboxylic acid groups (broad SMARTS) is 1. The van der Waals surface area contributed by atoms with Gasteiger partial charge in [-0.1, -0.05) is 10.3 Å². The maximum Gasteiger partial charge on any atom is 0.344 e. The lowest BCUT2D eigenvalue weighted by Crippen LogP contribution is -2.08. The Labute approximate surface area is 83.3 Å². The molecular formula is C7H6N3O5. The largest absolute Gasteiger partial charge is 0.479 e. The lowest BCUT2D eigenvalue weighted by molar-refractivity contribution is -0.142. The van der Waals surface area contributed by atoms with E-state index < -0.39 is 12.6 Å². The van der Waals surface area contributed by atoms with Gasteiger partial charge < -0.3 is 20.2 Å². The van der Waals surface area contributed by atoms with Gasteiger partial charge in [0.2, 0.25) is 12.5 Å². The number of oxime groups is 1. The Morgan fingerprint density at radius 2 is 2.53 bits per heavy atom. The van der Waals surface area contributed by atoms with Crippen LogP contribution in [0.3, 0.4) is 0 Å². The van der Waals surface area contributed by atoms with E-state index in [1.165, 1.54) is 12.4 Å². The molecule has 0 saturated heterocycles. The third kappa shape index (κ3) is 3.10. The summed E-state index contributed by atoms with van der Waals surface area (Å²) in [5.41, 5.74) is 4.90. The van der Waals surface area contributed by atoms with Gasteiger partial charge in [-0.2, -0.15) is 0 Å². The number of aliphatic carboxylic acids is 1. The van der Waals surface area contributed by atoms with Gasteiger partial charge in [0.25, 0.3) is 6.29 Å². The summed E-state index contributed by atoms with van der Waals surface area (Å²) >= 11 is 0. The second-order valence-corrected chi connectivity index (χ2v) is 2.32. The molecule has 1 rings (SSSR count). The van der Waals surface area contributed by atoms with E-state index in [9.17, 15) is 9.59 Å². The minimum Gasteiger partial charge on any atom is -0.479 e. The van der Waals surface area contributed by atoms with E-state index in [0.29, 0.717) is 0 Å². The molecule has 1 aromatic rings. The standard InChI is InChI=1S/C7H6N3O5/c8-6-1-4(10-15-6)5(2-11)9-14-3-7(12)13/h1H,3,8H2,(H,12,13). The van der Waals surface area contributed by atoms with E-state index in [-0.39, 0.29) is 17.3 Å². The molecule has 1 radical (unpaired) electrons. The molecule has 3 N–H and O–H groups in total. The Kier molecular flexibility index (Phi) is 3.38. The molecule has 79 valence electrons. The number of aromatic nitrogens is 1. The lowest BCUT2D eigenvalue weighted by Gasteiger charge is -1.93. The maximum atomic E-state index is 10.4. The highest BCUT2D eigenvalue weighted by atomic mass is 16.6. The van der Waals surface area contributed by atoms with E-state index in [1.807, 2.05) is 0 Å². The van der Waals surface area contributed by atoms with Gasteiger partial charge in [0, 0.05) is 6.07 Å². The fraction of sp³-hybridized carbons (Fsp3) is 0.143. The van der Waals surface area contributed by atoms with Crippen LogP contribution in [0.25, 0.3) is 0 Å². The van der Waals surface area contributed by atoms with Crippen LogP contribution in [0.2, 0.25) is 0 Å². The van der Waals surface area contributed by atoms with E-state index in [2.05, 4.69) is 19.7 Å². The SMILES string of the molecule is Nc1cc(C([C]=O)=NOCC(=O)O)no1. The third-order valence-electron chi connectivity index (χ3n) is 1.21. The van der Waals surface area contributed by atoms with Crippen molar-refractivity contribution in [1.82, 2.24) is 5.16 Å². The van der Waals surface area contributed by atoms with Crippen molar-refractivity contribution in [3.63, 3.8) is 0 Å². The first-order chi connectivity index (χ1) is 7.13. The molecule has 8 nitrogen and oxygen atoms in total. The zero-order chi connectivity index (χ0) is 11.3. The predicted molar refractivity (Wildman–Crippen MR) is 46.7 cm³/mol. The topological polar surface area (TPSA) is 128 Å². The number of rotatable bonds is 5. The zero-order valence-electron chi connectivity index (χ0n) is 7.34. The summed E-state index contributed by atoms with van der Waals surface area (Å²) in [5, 5.41) is 14.8. The van der Waals surface area contributed by atoms with Crippen molar-refractivity contribution in [2.45, 2.75) is 0 Å². The summed E-state index contributed by atoms with van der Waals surface area (Å²) in [5.74, 6) is -1.23. The Morgan fingerprint density at radius 3 is 3.00 bits per heavy atom. The number of nitrogen functional groups attached to an aromatic ring is 1. The maximum absolute atomic E-state index is 10.4. The zero-order valence-corrected chi connectivity index (χ0v) is 7.34. The Balaban J connectivity index is 2.71. The highest BCUT2D eigenvalue weighted by molar-refractivity contribution is 6.35. The molecule has 0 amide bonds. The average molecular weight is 212 g/mol. The second kappa shape index (κ2) is 4.74. The monoisotopic (exact) mass is 212 g/mol. The van der Waals surface area contributed by atoms with E-state index in [4.69, 9.17) is 10.8 Å². The minimum atomic E-state index is -1.22. The lowest BCUT2D eigenvalue weighted by atomic mass is 10.3. The summed E-state index contributed by atoms with van der Waals surface area (Å²) in [6, 6.07) is 1.23. The van der Waals surface area contributed by atoms with Crippen LogP contribution < -0.4 is 5.73 Å². The van der Waals surface area contributed by atoms with Crippen molar-refractivity contribution in [2.75, 3.05) is 12.3 Å². The van der Waals surface area contributed by atoms with Crippen molar-refractivity contribution in [2.24, 2.45) is 5.16 Å². The van der Waals surface area contributed by atoms with Crippen LogP contribution in [-0.4, -0.2) is 34.8 Å². The van der Waals surface area contributed by atoms with Gasteiger partial charge in [0.15, 0.2) is 5.71 Å². The number of hydrogen-bond donors (Lipinski definition) is 2. The molecule has 0 saturated carbocycles. The Morgan fingerprint density at radius 1 is 1.80 bits per heavy atom. The number of carbonyl (C=O) groups excluding carboxylic acids is 1. The predicted octanol–water partition coefficient (Wildman–Crippen LogP) is -0.828. The number of hydrogen-bond acceptors (Lipinski definition) is 7. The van der Waals surface area contributed by atoms with Crippen LogP contribution in [-0.2, 0) is 14.4 Å². The van der Waals surface area contributed by atoms with Crippen molar-refractivity contribution < 1.29 is 24.1 Å². The summed E-state index contributed by atoms with van der Waals surface area (Å²) in [6.45, 7) is -0.668. The normalized spacial score (nSPS) is 11.1. The number of nitrogens with zero attached hydrogens (tertiary/aromatic N) is 2. The molecule has 0 aromatic carbocycles. The van der Waals surface area contributed by atoms with E-state index in [1.54, 1.807) is 0 Å². The van der Waals surface area contributed by atoms with Gasteiger partial charge in [0.05, 0.1) is 0 Å². The molecule has 8 heteroatoms. The van der Waals surface area contributed by atoms with E-state index in [0.717, 1.165) is 0 Å². The average Bonchev–Trinajstić information content (AvgIpc) is 2.59. The number of carbonyl (C=O) groups is 1. The van der Waals surface area contributed by atoms with Crippen LogP contribution >= 0.6 is 0 Å². The first-order valence-corrected chi connectivity index (χ1v) is 3.66. The third-order valence-corrected chi connectivity index (χ3v) is 1.21. The molecule has 0 spiro atoms. The number of nitrogens with two attached hydrogens (primary N) is 1. The van der Waals surface area contributed by atoms with Gasteiger partial charge in [-0.05, 0) is 0 Å². The van der Waals surface area contributed by atoms with Crippen molar-refractivity contribution in [3.8, 4) is 0 Å². The number of carboxylic acids is 1. The van der Waals surface area contributed by atoms with E-state index >= 15 is 0 Å². The molecule has 0 atom stereocenters. The first-order valence-electron chi connectivity index (χ1n) is 3.66. The van der Waals surface area contributed by atoms with Crippen molar-refractivity contribution in [1.29, 1.82) is 0 Å². The summed E-state index contributed by atoms with van der Waals surface area (Å²) in [4.78, 5) is 24.8. The molecular weight excluding hydrogens is 206 g/mol. The molecule has 1 aromatic heterocycles. The molecule has 0 unspecified atom stereocenters. The fourth-order valence-corrected chi connectivity index (χ4v) is 0.671. The van der Waals surface area contributed by atoms with Crippen LogP contribution in [0.4, 0.5) is 5.88 Å². The molecule has 1 heterocycles. The molecule has 15 heavy (non-hydrogen) atoms. The van der Waals surface area contributed by atoms with Gasteiger partial charge in [0.1, 0.15) is 5.69 Å². The Bertz CT molecular complexity index is 397. The summed E-state index contributed by atoms with van der Waals surface area (Å²) in [7, 11) is 0. The van der Waals surface area contributed by atoms with Crippen LogP contribution in [0.5, 0.6) is 0 Å².